The van der Waals surface area contributed by atoms with E-state index < -0.39 is 11.7 Å². The summed E-state index contributed by atoms with van der Waals surface area (Å²) in [5.41, 5.74) is 2.29. The van der Waals surface area contributed by atoms with E-state index in [9.17, 15) is 9.59 Å². The second kappa shape index (κ2) is 8.45. The number of nitrogens with zero attached hydrogens (tertiary/aromatic N) is 2. The van der Waals surface area contributed by atoms with Gasteiger partial charge in [0.25, 0.3) is 0 Å². The molecule has 0 bridgehead atoms. The van der Waals surface area contributed by atoms with Gasteiger partial charge in [-0.25, -0.2) is 4.79 Å². The summed E-state index contributed by atoms with van der Waals surface area (Å²) in [5, 5.41) is 3.16. The third-order valence-corrected chi connectivity index (χ3v) is 6.76. The summed E-state index contributed by atoms with van der Waals surface area (Å²) in [6, 6.07) is 13.8. The van der Waals surface area contributed by atoms with Crippen LogP contribution < -0.4 is 15.1 Å². The summed E-state index contributed by atoms with van der Waals surface area (Å²) < 4.78 is 13.5. The molecule has 0 saturated carbocycles. The zero-order valence-corrected chi connectivity index (χ0v) is 20.8. The molecule has 1 aromatic heterocycles. The molecule has 1 aliphatic heterocycles. The first-order valence-corrected chi connectivity index (χ1v) is 12.0. The Hall–Kier alpha value is -3.80. The van der Waals surface area contributed by atoms with Crippen LogP contribution in [0.25, 0.3) is 38.7 Å². The number of aryl methyl sites for hydroxylation is 1. The lowest BCUT2D eigenvalue weighted by Gasteiger charge is -2.31. The Morgan fingerprint density at radius 1 is 1.14 bits per heavy atom. The predicted octanol–water partition coefficient (Wildman–Crippen LogP) is 6.40. The van der Waals surface area contributed by atoms with Gasteiger partial charge < -0.3 is 14.0 Å². The van der Waals surface area contributed by atoms with E-state index >= 15 is 0 Å². The minimum absolute atomic E-state index is 0.111. The molecule has 0 N–H and O–H groups in total. The highest BCUT2D eigenvalue weighted by molar-refractivity contribution is 6.10. The normalized spacial score (nSPS) is 14.2. The maximum atomic E-state index is 14.2. The van der Waals surface area contributed by atoms with Crippen LogP contribution in [0.4, 0.5) is 10.5 Å². The lowest BCUT2D eigenvalue weighted by atomic mass is 9.96. The minimum Gasteiger partial charge on any atom is -0.483 e. The molecular weight excluding hydrogens is 440 g/mol. The molecule has 0 radical (unpaired) electrons. The third-order valence-electron chi connectivity index (χ3n) is 6.76. The Morgan fingerprint density at radius 2 is 1.86 bits per heavy atom. The highest BCUT2D eigenvalue weighted by Crippen LogP contribution is 2.41. The van der Waals surface area contributed by atoms with Crippen molar-refractivity contribution in [1.82, 2.24) is 4.57 Å². The molecule has 2 heterocycles. The van der Waals surface area contributed by atoms with Gasteiger partial charge >= 0.3 is 6.09 Å². The van der Waals surface area contributed by atoms with Crippen molar-refractivity contribution in [2.75, 3.05) is 18.6 Å². The molecule has 0 saturated heterocycles. The molecule has 35 heavy (non-hydrogen) atoms. The summed E-state index contributed by atoms with van der Waals surface area (Å²) in [5.74, 6) is 0.639. The number of fused-ring (bicyclic) bond motifs is 5. The molecule has 4 aromatic rings. The maximum Gasteiger partial charge on any atom is 0.414 e. The molecule has 6 nitrogen and oxygen atoms in total. The van der Waals surface area contributed by atoms with Crippen LogP contribution in [0.2, 0.25) is 0 Å². The van der Waals surface area contributed by atoms with E-state index in [2.05, 4.69) is 13.0 Å². The fraction of sp³-hybridized carbons (Fsp3) is 0.310. The van der Waals surface area contributed by atoms with Crippen molar-refractivity contribution in [3.8, 4) is 5.75 Å². The fourth-order valence-electron chi connectivity index (χ4n) is 4.96. The van der Waals surface area contributed by atoms with Gasteiger partial charge in [0, 0.05) is 30.6 Å². The van der Waals surface area contributed by atoms with Gasteiger partial charge in [-0.1, -0.05) is 37.6 Å². The quantitative estimate of drug-likeness (QED) is 0.324. The van der Waals surface area contributed by atoms with E-state index in [4.69, 9.17) is 9.47 Å². The van der Waals surface area contributed by atoms with Crippen molar-refractivity contribution in [2.45, 2.75) is 39.2 Å². The molecule has 180 valence electrons. The number of carbonyl (C=O) groups is 1. The molecular formula is C29H30N2O4. The van der Waals surface area contributed by atoms with Gasteiger partial charge in [0.05, 0.1) is 29.2 Å². The SMILES string of the molecule is CCCCN(C(=O)OC)c1cc2c(c3c1c(=O)c1cc4ccccc4cc1n3C)C=CC(C)(C)O2. The van der Waals surface area contributed by atoms with E-state index in [1.54, 1.807) is 4.90 Å². The molecule has 1 amide bonds. The Balaban J connectivity index is 1.96. The van der Waals surface area contributed by atoms with Crippen molar-refractivity contribution in [1.29, 1.82) is 0 Å². The standard InChI is InChI=1S/C29H30N2O4/c1-6-7-14-31(28(33)34-5)23-17-24-20(12-13-29(2,3)35-24)26-25(23)27(32)21-15-18-10-8-9-11-19(18)16-22(21)30(26)4/h8-13,15-17H,6-7,14H2,1-5H3. The summed E-state index contributed by atoms with van der Waals surface area (Å²) in [7, 11) is 3.33. The van der Waals surface area contributed by atoms with E-state index in [-0.39, 0.29) is 5.43 Å². The number of amides is 1. The van der Waals surface area contributed by atoms with E-state index in [0.29, 0.717) is 28.8 Å². The Labute approximate surface area is 204 Å². The lowest BCUT2D eigenvalue weighted by Crippen LogP contribution is -2.34. The van der Waals surface area contributed by atoms with E-state index in [1.165, 1.54) is 7.11 Å². The molecule has 0 aliphatic carbocycles. The Morgan fingerprint density at radius 3 is 2.54 bits per heavy atom. The monoisotopic (exact) mass is 470 g/mol. The van der Waals surface area contributed by atoms with Gasteiger partial charge in [-0.15, -0.1) is 0 Å². The number of carbonyl (C=O) groups excluding carboxylic acids is 1. The van der Waals surface area contributed by atoms with Crippen LogP contribution in [0.1, 0.15) is 39.2 Å². The highest BCUT2D eigenvalue weighted by atomic mass is 16.5. The molecule has 0 spiro atoms. The van der Waals surface area contributed by atoms with Gasteiger partial charge in [0.2, 0.25) is 0 Å². The second-order valence-corrected chi connectivity index (χ2v) is 9.65. The van der Waals surface area contributed by atoms with Crippen molar-refractivity contribution >= 4 is 50.4 Å². The fourth-order valence-corrected chi connectivity index (χ4v) is 4.96. The van der Waals surface area contributed by atoms with Crippen LogP contribution in [0, 0.1) is 0 Å². The van der Waals surface area contributed by atoms with Crippen LogP contribution in [0.5, 0.6) is 5.75 Å². The van der Waals surface area contributed by atoms with Gasteiger partial charge in [-0.3, -0.25) is 9.69 Å². The molecule has 0 unspecified atom stereocenters. The minimum atomic E-state index is -0.511. The van der Waals surface area contributed by atoms with Crippen molar-refractivity contribution in [3.63, 3.8) is 0 Å². The number of ether oxygens (including phenoxy) is 2. The van der Waals surface area contributed by atoms with Crippen LogP contribution in [-0.2, 0) is 11.8 Å². The number of aromatic nitrogens is 1. The Bertz CT molecular complexity index is 1580. The first-order chi connectivity index (χ1) is 16.8. The first kappa shape index (κ1) is 23.0. The molecule has 5 rings (SSSR count). The second-order valence-electron chi connectivity index (χ2n) is 9.65. The summed E-state index contributed by atoms with van der Waals surface area (Å²) in [4.78, 5) is 28.6. The summed E-state index contributed by atoms with van der Waals surface area (Å²) >= 11 is 0. The topological polar surface area (TPSA) is 60.8 Å². The molecule has 3 aromatic carbocycles. The smallest absolute Gasteiger partial charge is 0.414 e. The van der Waals surface area contributed by atoms with Gasteiger partial charge in [-0.2, -0.15) is 0 Å². The summed E-state index contributed by atoms with van der Waals surface area (Å²) in [6.45, 7) is 6.47. The number of hydrogen-bond donors (Lipinski definition) is 0. The average Bonchev–Trinajstić information content (AvgIpc) is 2.85. The molecule has 6 heteroatoms. The molecule has 0 fully saturated rings. The van der Waals surface area contributed by atoms with Gasteiger partial charge in [-0.05, 0) is 55.3 Å². The van der Waals surface area contributed by atoms with Gasteiger partial charge in [0.15, 0.2) is 5.43 Å². The molecule has 0 atom stereocenters. The third kappa shape index (κ3) is 3.73. The zero-order chi connectivity index (χ0) is 24.9. The first-order valence-electron chi connectivity index (χ1n) is 12.0. The van der Waals surface area contributed by atoms with Crippen LogP contribution in [0.15, 0.2) is 53.3 Å². The number of methoxy groups -OCH3 is 1. The van der Waals surface area contributed by atoms with Crippen LogP contribution in [-0.4, -0.2) is 29.9 Å². The number of benzene rings is 3. The number of rotatable bonds is 4. The average molecular weight is 471 g/mol. The van der Waals surface area contributed by atoms with Crippen molar-refractivity contribution in [2.24, 2.45) is 7.05 Å². The zero-order valence-electron chi connectivity index (χ0n) is 20.8. The summed E-state index contributed by atoms with van der Waals surface area (Å²) in [6.07, 6.45) is 5.20. The van der Waals surface area contributed by atoms with Crippen LogP contribution >= 0.6 is 0 Å². The highest BCUT2D eigenvalue weighted by Gasteiger charge is 2.29. The van der Waals surface area contributed by atoms with E-state index in [1.807, 2.05) is 74.0 Å². The largest absolute Gasteiger partial charge is 0.483 e. The van der Waals surface area contributed by atoms with E-state index in [0.717, 1.165) is 40.2 Å². The van der Waals surface area contributed by atoms with Crippen molar-refractivity contribution < 1.29 is 14.3 Å². The number of unbranched alkanes of at least 4 members (excludes halogenated alkanes) is 1. The lowest BCUT2D eigenvalue weighted by molar-refractivity contribution is 0.159. The number of pyridine rings is 1. The van der Waals surface area contributed by atoms with Crippen molar-refractivity contribution in [3.05, 3.63) is 64.3 Å². The van der Waals surface area contributed by atoms with Crippen LogP contribution in [0.3, 0.4) is 0 Å². The Kier molecular flexibility index (Phi) is 5.55. The number of anilines is 1. The maximum absolute atomic E-state index is 14.2. The predicted molar refractivity (Wildman–Crippen MR) is 143 cm³/mol. The number of hydrogen-bond acceptors (Lipinski definition) is 4. The van der Waals surface area contributed by atoms with Gasteiger partial charge in [0.1, 0.15) is 11.4 Å². The molecule has 1 aliphatic rings.